The van der Waals surface area contributed by atoms with Gasteiger partial charge in [0, 0.05) is 10.9 Å². The maximum atomic E-state index is 11.9. The van der Waals surface area contributed by atoms with E-state index in [0.29, 0.717) is 17.1 Å². The number of anilines is 1. The summed E-state index contributed by atoms with van der Waals surface area (Å²) >= 11 is 9.49. The molecule has 2 N–H and O–H groups in total. The van der Waals surface area contributed by atoms with Gasteiger partial charge < -0.3 is 10.6 Å². The molecule has 0 aromatic heterocycles. The third-order valence-electron chi connectivity index (χ3n) is 3.88. The Kier molecular flexibility index (Phi) is 8.13. The molecule has 0 aliphatic carbocycles. The van der Waals surface area contributed by atoms with Gasteiger partial charge in [-0.25, -0.2) is 0 Å². The lowest BCUT2D eigenvalue weighted by Crippen LogP contribution is -2.32. The summed E-state index contributed by atoms with van der Waals surface area (Å²) in [5.74, 6) is -0.412. The molecule has 0 aliphatic rings. The molecule has 2 aromatic carbocycles. The Morgan fingerprint density at radius 2 is 1.77 bits per heavy atom. The van der Waals surface area contributed by atoms with Crippen molar-refractivity contribution in [3.63, 3.8) is 0 Å². The molecule has 6 heteroatoms. The van der Waals surface area contributed by atoms with Gasteiger partial charge in [0.2, 0.25) is 11.8 Å². The summed E-state index contributed by atoms with van der Waals surface area (Å²) in [4.78, 5) is 23.8. The first-order valence-electron chi connectivity index (χ1n) is 8.51. The molecule has 0 bridgehead atoms. The summed E-state index contributed by atoms with van der Waals surface area (Å²) < 4.78 is 1.06. The number of halogens is 2. The molecule has 0 heterocycles. The van der Waals surface area contributed by atoms with Gasteiger partial charge >= 0.3 is 0 Å². The van der Waals surface area contributed by atoms with Crippen LogP contribution in [-0.2, 0) is 16.0 Å². The van der Waals surface area contributed by atoms with Gasteiger partial charge in [0.25, 0.3) is 0 Å². The van der Waals surface area contributed by atoms with Crippen molar-refractivity contribution < 1.29 is 9.59 Å². The summed E-state index contributed by atoms with van der Waals surface area (Å²) in [5, 5.41) is 5.82. The molecule has 0 spiro atoms. The van der Waals surface area contributed by atoms with E-state index < -0.39 is 0 Å². The largest absolute Gasteiger partial charge is 0.347 e. The van der Waals surface area contributed by atoms with E-state index in [2.05, 4.69) is 38.7 Å². The fourth-order valence-corrected chi connectivity index (χ4v) is 3.00. The van der Waals surface area contributed by atoms with E-state index in [1.54, 1.807) is 12.1 Å². The van der Waals surface area contributed by atoms with Crippen LogP contribution in [0.2, 0.25) is 5.02 Å². The van der Waals surface area contributed by atoms with Crippen molar-refractivity contribution in [2.45, 2.75) is 32.6 Å². The van der Waals surface area contributed by atoms with Crippen molar-refractivity contribution in [3.8, 4) is 0 Å². The quantitative estimate of drug-likeness (QED) is 0.578. The first kappa shape index (κ1) is 20.5. The van der Waals surface area contributed by atoms with Gasteiger partial charge in [-0.1, -0.05) is 45.7 Å². The average molecular weight is 438 g/mol. The molecule has 0 atom stereocenters. The second-order valence-electron chi connectivity index (χ2n) is 6.14. The number of amides is 2. The summed E-state index contributed by atoms with van der Waals surface area (Å²) in [6.45, 7) is 1.87. The van der Waals surface area contributed by atoms with Gasteiger partial charge in [0.15, 0.2) is 0 Å². The Morgan fingerprint density at radius 3 is 2.46 bits per heavy atom. The van der Waals surface area contributed by atoms with Crippen LogP contribution in [0, 0.1) is 6.92 Å². The van der Waals surface area contributed by atoms with Crippen LogP contribution < -0.4 is 10.6 Å². The molecule has 2 aromatic rings. The highest BCUT2D eigenvalue weighted by atomic mass is 79.9. The van der Waals surface area contributed by atoms with E-state index in [-0.39, 0.29) is 18.4 Å². The molecule has 2 amide bonds. The molecule has 0 fully saturated rings. The number of nitrogens with one attached hydrogen (secondary N) is 2. The SMILES string of the molecule is Cc1ccc(NC(=O)CNC(=O)CCCCc2ccc(Br)cc2)c(Cl)c1. The molecule has 0 saturated carbocycles. The minimum atomic E-state index is -0.293. The molecular formula is C20H22BrClN2O2. The number of unbranched alkanes of at least 4 members (excludes halogenated alkanes) is 1. The predicted molar refractivity (Wildman–Crippen MR) is 110 cm³/mol. The molecule has 26 heavy (non-hydrogen) atoms. The third-order valence-corrected chi connectivity index (χ3v) is 4.72. The van der Waals surface area contributed by atoms with Gasteiger partial charge in [-0.3, -0.25) is 9.59 Å². The number of rotatable bonds is 8. The van der Waals surface area contributed by atoms with Crippen LogP contribution in [0.4, 0.5) is 5.69 Å². The van der Waals surface area contributed by atoms with Crippen molar-refractivity contribution in [1.82, 2.24) is 5.32 Å². The van der Waals surface area contributed by atoms with Crippen molar-refractivity contribution >= 4 is 45.0 Å². The summed E-state index contributed by atoms with van der Waals surface area (Å²) in [5.41, 5.74) is 2.82. The number of carbonyl (C=O) groups is 2. The van der Waals surface area contributed by atoms with E-state index in [9.17, 15) is 9.59 Å². The highest BCUT2D eigenvalue weighted by molar-refractivity contribution is 9.10. The molecule has 0 aliphatic heterocycles. The Bertz CT molecular complexity index is 763. The van der Waals surface area contributed by atoms with E-state index in [0.717, 1.165) is 29.3 Å². The van der Waals surface area contributed by atoms with Crippen LogP contribution in [-0.4, -0.2) is 18.4 Å². The van der Waals surface area contributed by atoms with Crippen LogP contribution in [0.3, 0.4) is 0 Å². The first-order chi connectivity index (χ1) is 12.4. The zero-order valence-corrected chi connectivity index (χ0v) is 17.0. The normalized spacial score (nSPS) is 10.4. The molecular weight excluding hydrogens is 416 g/mol. The average Bonchev–Trinajstić information content (AvgIpc) is 2.61. The molecule has 4 nitrogen and oxygen atoms in total. The fraction of sp³-hybridized carbons (Fsp3) is 0.300. The number of benzene rings is 2. The van der Waals surface area contributed by atoms with Gasteiger partial charge in [0.1, 0.15) is 0 Å². The van der Waals surface area contributed by atoms with Crippen molar-refractivity contribution in [1.29, 1.82) is 0 Å². The van der Waals surface area contributed by atoms with Gasteiger partial charge in [-0.15, -0.1) is 0 Å². The van der Waals surface area contributed by atoms with Crippen LogP contribution >= 0.6 is 27.5 Å². The number of hydrogen-bond acceptors (Lipinski definition) is 2. The fourth-order valence-electron chi connectivity index (χ4n) is 2.45. The zero-order chi connectivity index (χ0) is 18.9. The molecule has 2 rings (SSSR count). The molecule has 0 radical (unpaired) electrons. The molecule has 0 unspecified atom stereocenters. The summed E-state index contributed by atoms with van der Waals surface area (Å²) in [6.07, 6.45) is 3.07. The van der Waals surface area contributed by atoms with Crippen LogP contribution in [0.25, 0.3) is 0 Å². The first-order valence-corrected chi connectivity index (χ1v) is 9.68. The summed E-state index contributed by atoms with van der Waals surface area (Å²) in [7, 11) is 0. The highest BCUT2D eigenvalue weighted by Crippen LogP contribution is 2.22. The Hall–Kier alpha value is -1.85. The van der Waals surface area contributed by atoms with E-state index in [1.807, 2.05) is 25.1 Å². The van der Waals surface area contributed by atoms with E-state index in [4.69, 9.17) is 11.6 Å². The summed E-state index contributed by atoms with van der Waals surface area (Å²) in [6, 6.07) is 13.6. The monoisotopic (exact) mass is 436 g/mol. The highest BCUT2D eigenvalue weighted by Gasteiger charge is 2.08. The van der Waals surface area contributed by atoms with E-state index >= 15 is 0 Å². The Labute approximate surface area is 167 Å². The predicted octanol–water partition coefficient (Wildman–Crippen LogP) is 4.88. The molecule has 0 saturated heterocycles. The van der Waals surface area contributed by atoms with Crippen LogP contribution in [0.5, 0.6) is 0 Å². The number of carbonyl (C=O) groups excluding carboxylic acids is 2. The van der Waals surface area contributed by atoms with Crippen molar-refractivity contribution in [2.75, 3.05) is 11.9 Å². The Morgan fingerprint density at radius 1 is 1.04 bits per heavy atom. The molecule has 138 valence electrons. The minimum absolute atomic E-state index is 0.0598. The lowest BCUT2D eigenvalue weighted by atomic mass is 10.1. The maximum Gasteiger partial charge on any atom is 0.243 e. The van der Waals surface area contributed by atoms with E-state index in [1.165, 1.54) is 5.56 Å². The lowest BCUT2D eigenvalue weighted by Gasteiger charge is -2.09. The lowest BCUT2D eigenvalue weighted by molar-refractivity contribution is -0.124. The standard InChI is InChI=1S/C20H22BrClN2O2/c1-14-6-11-18(17(22)12-14)24-20(26)13-23-19(25)5-3-2-4-15-7-9-16(21)10-8-15/h6-12H,2-5,13H2,1H3,(H,23,25)(H,24,26). The number of aryl methyl sites for hydroxylation is 2. The topological polar surface area (TPSA) is 58.2 Å². The van der Waals surface area contributed by atoms with Gasteiger partial charge in [0.05, 0.1) is 17.3 Å². The van der Waals surface area contributed by atoms with Crippen molar-refractivity contribution in [3.05, 3.63) is 63.1 Å². The van der Waals surface area contributed by atoms with Gasteiger partial charge in [-0.05, 0) is 61.6 Å². The second kappa shape index (κ2) is 10.3. The second-order valence-corrected chi connectivity index (χ2v) is 7.46. The Balaban J connectivity index is 1.63. The maximum absolute atomic E-state index is 11.9. The third kappa shape index (κ3) is 7.18. The minimum Gasteiger partial charge on any atom is -0.347 e. The van der Waals surface area contributed by atoms with Crippen LogP contribution in [0.1, 0.15) is 30.4 Å². The van der Waals surface area contributed by atoms with Crippen molar-refractivity contribution in [2.24, 2.45) is 0 Å². The van der Waals surface area contributed by atoms with Gasteiger partial charge in [-0.2, -0.15) is 0 Å². The van der Waals surface area contributed by atoms with Crippen LogP contribution in [0.15, 0.2) is 46.9 Å². The smallest absolute Gasteiger partial charge is 0.243 e. The zero-order valence-electron chi connectivity index (χ0n) is 14.6. The number of hydrogen-bond donors (Lipinski definition) is 2.